The summed E-state index contributed by atoms with van der Waals surface area (Å²) in [5, 5.41) is 58.7. The number of hydrogen-bond acceptors (Lipinski definition) is 12. The van der Waals surface area contributed by atoms with E-state index in [4.69, 9.17) is 15.2 Å². The summed E-state index contributed by atoms with van der Waals surface area (Å²) in [4.78, 5) is 36.7. The maximum absolute atomic E-state index is 12.6. The van der Waals surface area contributed by atoms with Crippen LogP contribution in [0, 0.1) is 0 Å². The smallest absolute Gasteiger partial charge is 0.544 e. The molecule has 0 bridgehead atoms. The minimum atomic E-state index is -2.50. The first kappa shape index (κ1) is 39.1. The number of thioether (sulfide) groups is 1. The van der Waals surface area contributed by atoms with Crippen molar-refractivity contribution in [2.75, 3.05) is 37.8 Å². The van der Waals surface area contributed by atoms with E-state index >= 15 is 0 Å². The number of nitrogens with one attached hydrogen (secondary N) is 2. The van der Waals surface area contributed by atoms with Crippen molar-refractivity contribution in [1.29, 1.82) is 0 Å². The zero-order valence-electron chi connectivity index (χ0n) is 25.2. The van der Waals surface area contributed by atoms with Gasteiger partial charge in [0.05, 0.1) is 31.3 Å². The number of nitrogens with two attached hydrogens (primary N) is 1. The van der Waals surface area contributed by atoms with Gasteiger partial charge in [-0.3, -0.25) is 9.59 Å². The summed E-state index contributed by atoms with van der Waals surface area (Å²) in [5.41, 5.74) is 8.17. The average molecular weight is 658 g/mol. The van der Waals surface area contributed by atoms with Gasteiger partial charge < -0.3 is 56.2 Å². The van der Waals surface area contributed by atoms with Crippen molar-refractivity contribution in [3.63, 3.8) is 0 Å². The predicted molar refractivity (Wildman–Crippen MR) is 160 cm³/mol. The van der Waals surface area contributed by atoms with Gasteiger partial charge in [0.2, 0.25) is 17.6 Å². The van der Waals surface area contributed by atoms with Crippen molar-refractivity contribution in [3.05, 3.63) is 60.2 Å². The van der Waals surface area contributed by atoms with E-state index in [0.29, 0.717) is 30.0 Å². The predicted octanol–water partition coefficient (Wildman–Crippen LogP) is -5.09. The molecule has 4 unspecified atom stereocenters. The summed E-state index contributed by atoms with van der Waals surface area (Å²) in [7, 11) is 0. The van der Waals surface area contributed by atoms with Gasteiger partial charge in [-0.05, 0) is 28.9 Å². The van der Waals surface area contributed by atoms with E-state index in [0.717, 1.165) is 11.1 Å². The Hall–Kier alpha value is -2.08. The number of benzene rings is 2. The monoisotopic (exact) mass is 657 g/mol. The van der Waals surface area contributed by atoms with Crippen LogP contribution in [0.15, 0.2) is 54.6 Å². The molecule has 0 saturated carbocycles. The van der Waals surface area contributed by atoms with E-state index in [-0.39, 0.29) is 42.6 Å². The zero-order valence-corrected chi connectivity index (χ0v) is 28.0. The van der Waals surface area contributed by atoms with Gasteiger partial charge in [0.25, 0.3) is 0 Å². The number of hydrogen-bond donors (Lipinski definition) is 7. The Kier molecular flexibility index (Phi) is 17.0. The molecule has 8 N–H and O–H groups in total. The Balaban J connectivity index is 0.00000705. The maximum Gasteiger partial charge on any atom is 1.00 e. The Morgan fingerprint density at radius 1 is 1.07 bits per heavy atom. The molecule has 1 aliphatic rings. The van der Waals surface area contributed by atoms with Crippen LogP contribution < -0.4 is 51.0 Å². The fraction of sp³-hybridized carbons (Fsp3) is 0.500. The Morgan fingerprint density at radius 3 is 2.36 bits per heavy atom. The van der Waals surface area contributed by atoms with Gasteiger partial charge >= 0.3 is 29.6 Å². The van der Waals surface area contributed by atoms with Gasteiger partial charge in [0.15, 0.2) is 0 Å². The fourth-order valence-corrected chi connectivity index (χ4v) is 5.47. The third kappa shape index (κ3) is 11.6. The van der Waals surface area contributed by atoms with Gasteiger partial charge in [0.1, 0.15) is 24.8 Å². The first-order chi connectivity index (χ1) is 21.1. The average Bonchev–Trinajstić information content (AvgIpc) is 3.02. The molecule has 242 valence electrons. The number of rotatable bonds is 17. The first-order valence-electron chi connectivity index (χ1n) is 14.3. The second-order valence-corrected chi connectivity index (χ2v) is 11.6. The number of aliphatic hydroxyl groups excluding tert-OH is 4. The van der Waals surface area contributed by atoms with Crippen molar-refractivity contribution < 1.29 is 78.9 Å². The third-order valence-corrected chi connectivity index (χ3v) is 8.15. The van der Waals surface area contributed by atoms with Gasteiger partial charge in [-0.2, -0.15) is 11.8 Å². The molecule has 0 aromatic heterocycles. The molecule has 2 amide bonds. The van der Waals surface area contributed by atoms with E-state index in [1.165, 1.54) is 11.8 Å². The second-order valence-electron chi connectivity index (χ2n) is 10.4. The zero-order chi connectivity index (χ0) is 32.1. The molecule has 15 heteroatoms. The molecule has 1 saturated heterocycles. The summed E-state index contributed by atoms with van der Waals surface area (Å²) in [6.07, 6.45) is -7.25. The van der Waals surface area contributed by atoms with Gasteiger partial charge in [-0.1, -0.05) is 54.6 Å². The molecule has 1 fully saturated rings. The maximum atomic E-state index is 12.6. The largest absolute Gasteiger partial charge is 1.00 e. The van der Waals surface area contributed by atoms with Crippen molar-refractivity contribution in [2.24, 2.45) is 5.73 Å². The van der Waals surface area contributed by atoms with Crippen LogP contribution in [-0.2, 0) is 30.3 Å². The molecule has 13 nitrogen and oxygen atoms in total. The standard InChI is InChI=1S/C30H41N3O10S.Na/c31-11-14-44-13-4-12-42-30(29(40)41)16-22(35)26(33-25(38)18-34)28(43-30)27(39)23(36)17-32-24(37)15-19-7-9-21(10-8-19)20-5-2-1-3-6-20;/h1-3,5-10,22-23,26-28,34-36,39H,4,11-18,31H2,(H,32,37)(H,33,38)(H,40,41);/q;+1/p-1/t22?,23-,26?,27+,28?,30?;/m1./s1. The van der Waals surface area contributed by atoms with E-state index in [9.17, 15) is 39.9 Å². The van der Waals surface area contributed by atoms with Crippen LogP contribution in [0.3, 0.4) is 0 Å². The Morgan fingerprint density at radius 2 is 1.73 bits per heavy atom. The van der Waals surface area contributed by atoms with Crippen LogP contribution in [-0.4, -0.2) is 112 Å². The van der Waals surface area contributed by atoms with E-state index in [1.54, 1.807) is 12.1 Å². The summed E-state index contributed by atoms with van der Waals surface area (Å²) < 4.78 is 11.1. The molecule has 6 atom stereocenters. The third-order valence-electron chi connectivity index (χ3n) is 7.05. The minimum absolute atomic E-state index is 0. The number of carboxylic acids is 1. The molecule has 0 aliphatic carbocycles. The molecule has 0 radical (unpaired) electrons. The first-order valence-corrected chi connectivity index (χ1v) is 15.4. The van der Waals surface area contributed by atoms with Gasteiger partial charge in [-0.15, -0.1) is 0 Å². The minimum Gasteiger partial charge on any atom is -0.544 e. The number of aliphatic hydroxyl groups is 4. The quantitative estimate of drug-likeness (QED) is 0.0627. The van der Waals surface area contributed by atoms with Crippen LogP contribution in [0.1, 0.15) is 18.4 Å². The van der Waals surface area contributed by atoms with Gasteiger partial charge in [-0.25, -0.2) is 0 Å². The van der Waals surface area contributed by atoms with E-state index < -0.39 is 73.6 Å². The molecular weight excluding hydrogens is 617 g/mol. The normalized spacial score (nSPS) is 22.5. The van der Waals surface area contributed by atoms with Crippen molar-refractivity contribution in [3.8, 4) is 11.1 Å². The summed E-state index contributed by atoms with van der Waals surface area (Å²) in [6, 6.07) is 15.6. The number of amides is 2. The molecule has 0 spiro atoms. The van der Waals surface area contributed by atoms with Gasteiger partial charge in [0, 0.05) is 25.3 Å². The van der Waals surface area contributed by atoms with Crippen LogP contribution in [0.4, 0.5) is 0 Å². The number of aliphatic carboxylic acids is 1. The SMILES string of the molecule is NCCSCCCOC1(C(=O)[O-])CC(O)C(NC(=O)CO)C([C@@H](O)[C@H](O)CNC(=O)Cc2ccc(-c3ccccc3)cc2)O1.[Na+]. The van der Waals surface area contributed by atoms with Crippen LogP contribution in [0.25, 0.3) is 11.1 Å². The molecule has 3 rings (SSSR count). The molecule has 2 aromatic carbocycles. The summed E-state index contributed by atoms with van der Waals surface area (Å²) in [6.45, 7) is -1.04. The summed E-state index contributed by atoms with van der Waals surface area (Å²) >= 11 is 1.54. The van der Waals surface area contributed by atoms with E-state index in [1.807, 2.05) is 42.5 Å². The van der Waals surface area contributed by atoms with Crippen molar-refractivity contribution >= 4 is 29.5 Å². The Labute approximate surface area is 288 Å². The van der Waals surface area contributed by atoms with Crippen molar-refractivity contribution in [2.45, 2.75) is 55.5 Å². The topological polar surface area (TPSA) is 224 Å². The number of carboxylic acid groups (broad SMARTS) is 1. The number of carbonyl (C=O) groups excluding carboxylic acids is 3. The number of carbonyl (C=O) groups is 3. The second kappa shape index (κ2) is 19.6. The fourth-order valence-electron chi connectivity index (χ4n) is 4.77. The number of ether oxygens (including phenoxy) is 2. The molecule has 1 heterocycles. The van der Waals surface area contributed by atoms with Crippen LogP contribution in [0.2, 0.25) is 0 Å². The van der Waals surface area contributed by atoms with Crippen LogP contribution >= 0.6 is 11.8 Å². The van der Waals surface area contributed by atoms with Crippen molar-refractivity contribution in [1.82, 2.24) is 10.6 Å². The molecule has 1 aliphatic heterocycles. The summed E-state index contributed by atoms with van der Waals surface area (Å²) in [5.74, 6) is -4.40. The van der Waals surface area contributed by atoms with Crippen LogP contribution in [0.5, 0.6) is 0 Å². The Bertz CT molecular complexity index is 1210. The molecule has 45 heavy (non-hydrogen) atoms. The van der Waals surface area contributed by atoms with E-state index in [2.05, 4.69) is 10.6 Å². The molecule has 2 aromatic rings. The molecular formula is C30H40N3NaO10S.